The van der Waals surface area contributed by atoms with E-state index in [-0.39, 0.29) is 30.8 Å². The van der Waals surface area contributed by atoms with Crippen molar-refractivity contribution in [2.24, 2.45) is 0 Å². The van der Waals surface area contributed by atoms with Crippen LogP contribution in [0.4, 0.5) is 0 Å². The Kier molecular flexibility index (Phi) is 5.97. The normalized spacial score (nSPS) is 11.9. The summed E-state index contributed by atoms with van der Waals surface area (Å²) in [6.45, 7) is 1.94. The fourth-order valence-corrected chi connectivity index (χ4v) is 2.81. The zero-order valence-electron chi connectivity index (χ0n) is 14.7. The number of benzene rings is 2. The average molecular weight is 387 g/mol. The predicted molar refractivity (Wildman–Crippen MR) is 101 cm³/mol. The number of amides is 2. The lowest BCUT2D eigenvalue weighted by atomic mass is 10.0. The van der Waals surface area contributed by atoms with Crippen LogP contribution in [-0.4, -0.2) is 44.4 Å². The summed E-state index contributed by atoms with van der Waals surface area (Å²) < 4.78 is 1.41. The minimum Gasteiger partial charge on any atom is -0.353 e. The SMILES string of the molecule is Cc1nnnn1CC(=O)NC(CNC(=O)CCl)c1ccc2ccccc2c1. The molecule has 1 aromatic heterocycles. The van der Waals surface area contributed by atoms with Gasteiger partial charge in [-0.1, -0.05) is 36.4 Å². The highest BCUT2D eigenvalue weighted by molar-refractivity contribution is 6.27. The molecular weight excluding hydrogens is 368 g/mol. The van der Waals surface area contributed by atoms with Gasteiger partial charge in [0.2, 0.25) is 11.8 Å². The largest absolute Gasteiger partial charge is 0.353 e. The molecular formula is C18H19ClN6O2. The van der Waals surface area contributed by atoms with Crippen LogP contribution in [0.2, 0.25) is 0 Å². The van der Waals surface area contributed by atoms with Crippen molar-refractivity contribution in [1.82, 2.24) is 30.8 Å². The Morgan fingerprint density at radius 1 is 1.15 bits per heavy atom. The van der Waals surface area contributed by atoms with Crippen molar-refractivity contribution in [2.45, 2.75) is 19.5 Å². The lowest BCUT2D eigenvalue weighted by Crippen LogP contribution is -2.39. The molecule has 3 aromatic rings. The Labute approximate surface area is 160 Å². The fourth-order valence-electron chi connectivity index (χ4n) is 2.71. The number of hydrogen-bond donors (Lipinski definition) is 2. The molecule has 0 spiro atoms. The zero-order valence-corrected chi connectivity index (χ0v) is 15.5. The maximum Gasteiger partial charge on any atom is 0.242 e. The second kappa shape index (κ2) is 8.59. The topological polar surface area (TPSA) is 102 Å². The maximum atomic E-state index is 12.5. The molecule has 0 aliphatic heterocycles. The number of carbonyl (C=O) groups excluding carboxylic acids is 2. The fraction of sp³-hybridized carbons (Fsp3) is 0.278. The summed E-state index contributed by atoms with van der Waals surface area (Å²) >= 11 is 5.55. The number of aryl methyl sites for hydroxylation is 1. The predicted octanol–water partition coefficient (Wildman–Crippen LogP) is 1.35. The van der Waals surface area contributed by atoms with Crippen molar-refractivity contribution in [3.63, 3.8) is 0 Å². The maximum absolute atomic E-state index is 12.5. The van der Waals surface area contributed by atoms with Crippen LogP contribution >= 0.6 is 11.6 Å². The second-order valence-electron chi connectivity index (χ2n) is 6.05. The molecule has 8 nitrogen and oxygen atoms in total. The smallest absolute Gasteiger partial charge is 0.242 e. The van der Waals surface area contributed by atoms with Crippen LogP contribution in [0.25, 0.3) is 10.8 Å². The molecule has 2 amide bonds. The van der Waals surface area contributed by atoms with Gasteiger partial charge in [0.05, 0.1) is 6.04 Å². The van der Waals surface area contributed by atoms with Crippen molar-refractivity contribution in [1.29, 1.82) is 0 Å². The molecule has 1 atom stereocenters. The van der Waals surface area contributed by atoms with E-state index in [1.54, 1.807) is 6.92 Å². The molecule has 140 valence electrons. The van der Waals surface area contributed by atoms with Gasteiger partial charge in [-0.25, -0.2) is 4.68 Å². The number of carbonyl (C=O) groups is 2. The zero-order chi connectivity index (χ0) is 19.2. The molecule has 0 saturated carbocycles. The molecule has 0 fully saturated rings. The number of rotatable bonds is 7. The van der Waals surface area contributed by atoms with Crippen LogP contribution in [0.1, 0.15) is 17.4 Å². The Morgan fingerprint density at radius 2 is 1.93 bits per heavy atom. The summed E-state index contributed by atoms with van der Waals surface area (Å²) in [6.07, 6.45) is 0. The van der Waals surface area contributed by atoms with Gasteiger partial charge >= 0.3 is 0 Å². The molecule has 9 heteroatoms. The molecule has 0 aliphatic carbocycles. The van der Waals surface area contributed by atoms with Crippen LogP contribution in [0.5, 0.6) is 0 Å². The molecule has 3 rings (SSSR count). The first-order valence-corrected chi connectivity index (χ1v) is 8.94. The van der Waals surface area contributed by atoms with Crippen molar-refractivity contribution in [3.05, 3.63) is 53.9 Å². The Hall–Kier alpha value is -3.00. The summed E-state index contributed by atoms with van der Waals surface area (Å²) in [6, 6.07) is 13.4. The third-order valence-electron chi connectivity index (χ3n) is 4.14. The number of alkyl halides is 1. The first-order valence-electron chi connectivity index (χ1n) is 8.40. The van der Waals surface area contributed by atoms with Crippen molar-refractivity contribution >= 4 is 34.2 Å². The van der Waals surface area contributed by atoms with Crippen LogP contribution in [0.15, 0.2) is 42.5 Å². The van der Waals surface area contributed by atoms with Crippen LogP contribution in [0.3, 0.4) is 0 Å². The highest BCUT2D eigenvalue weighted by Gasteiger charge is 2.17. The Morgan fingerprint density at radius 3 is 2.63 bits per heavy atom. The third-order valence-corrected chi connectivity index (χ3v) is 4.38. The summed E-state index contributed by atoms with van der Waals surface area (Å²) in [4.78, 5) is 24.0. The summed E-state index contributed by atoms with van der Waals surface area (Å²) in [5.74, 6) is -0.151. The van der Waals surface area contributed by atoms with Gasteiger partial charge < -0.3 is 10.6 Å². The van der Waals surface area contributed by atoms with Crippen molar-refractivity contribution < 1.29 is 9.59 Å². The number of nitrogens with zero attached hydrogens (tertiary/aromatic N) is 4. The summed E-state index contributed by atoms with van der Waals surface area (Å²) in [5, 5.41) is 18.9. The van der Waals surface area contributed by atoms with Gasteiger partial charge in [-0.3, -0.25) is 9.59 Å². The van der Waals surface area contributed by atoms with Gasteiger partial charge in [0.1, 0.15) is 18.2 Å². The molecule has 2 N–H and O–H groups in total. The molecule has 2 aromatic carbocycles. The van der Waals surface area contributed by atoms with Gasteiger partial charge in [0, 0.05) is 6.54 Å². The van der Waals surface area contributed by atoms with E-state index in [1.165, 1.54) is 4.68 Å². The van der Waals surface area contributed by atoms with Gasteiger partial charge in [-0.2, -0.15) is 0 Å². The number of fused-ring (bicyclic) bond motifs is 1. The first-order chi connectivity index (χ1) is 13.1. The lowest BCUT2D eigenvalue weighted by Gasteiger charge is -2.20. The van der Waals surface area contributed by atoms with Crippen molar-refractivity contribution in [2.75, 3.05) is 12.4 Å². The van der Waals surface area contributed by atoms with E-state index in [0.29, 0.717) is 5.82 Å². The molecule has 1 unspecified atom stereocenters. The van der Waals surface area contributed by atoms with E-state index in [9.17, 15) is 9.59 Å². The monoisotopic (exact) mass is 386 g/mol. The van der Waals surface area contributed by atoms with Gasteiger partial charge in [-0.05, 0) is 39.8 Å². The lowest BCUT2D eigenvalue weighted by molar-refractivity contribution is -0.123. The number of aromatic nitrogens is 4. The molecule has 0 saturated heterocycles. The van der Waals surface area contributed by atoms with Crippen LogP contribution in [0, 0.1) is 6.92 Å². The molecule has 27 heavy (non-hydrogen) atoms. The van der Waals surface area contributed by atoms with Crippen molar-refractivity contribution in [3.8, 4) is 0 Å². The van der Waals surface area contributed by atoms with E-state index >= 15 is 0 Å². The molecule has 0 radical (unpaired) electrons. The Balaban J connectivity index is 1.79. The first kappa shape index (κ1) is 18.8. The van der Waals surface area contributed by atoms with E-state index in [2.05, 4.69) is 26.2 Å². The number of halogens is 1. The average Bonchev–Trinajstić information content (AvgIpc) is 3.08. The highest BCUT2D eigenvalue weighted by Crippen LogP contribution is 2.20. The van der Waals surface area contributed by atoms with Crippen LogP contribution < -0.4 is 10.6 Å². The van der Waals surface area contributed by atoms with E-state index in [0.717, 1.165) is 16.3 Å². The highest BCUT2D eigenvalue weighted by atomic mass is 35.5. The quantitative estimate of drug-likeness (QED) is 0.597. The Bertz CT molecular complexity index is 958. The number of tetrazole rings is 1. The van der Waals surface area contributed by atoms with Gasteiger partial charge in [0.15, 0.2) is 0 Å². The minimum atomic E-state index is -0.411. The number of hydrogen-bond acceptors (Lipinski definition) is 5. The van der Waals surface area contributed by atoms with Crippen LogP contribution in [-0.2, 0) is 16.1 Å². The number of nitrogens with one attached hydrogen (secondary N) is 2. The molecule has 0 aliphatic rings. The molecule has 1 heterocycles. The minimum absolute atomic E-state index is 0.00757. The van der Waals surface area contributed by atoms with E-state index in [4.69, 9.17) is 11.6 Å². The summed E-state index contributed by atoms with van der Waals surface area (Å²) in [7, 11) is 0. The third kappa shape index (κ3) is 4.79. The van der Waals surface area contributed by atoms with Gasteiger partial charge in [-0.15, -0.1) is 16.7 Å². The second-order valence-corrected chi connectivity index (χ2v) is 6.32. The molecule has 0 bridgehead atoms. The standard InChI is InChI=1S/C18H19ClN6O2/c1-12-22-23-24-25(12)11-18(27)21-16(10-20-17(26)9-19)15-7-6-13-4-2-3-5-14(13)8-15/h2-8,16H,9-11H2,1H3,(H,20,26)(H,21,27). The van der Waals surface area contributed by atoms with Gasteiger partial charge in [0.25, 0.3) is 0 Å². The van der Waals surface area contributed by atoms with E-state index < -0.39 is 6.04 Å². The summed E-state index contributed by atoms with van der Waals surface area (Å²) in [5.41, 5.74) is 0.880. The van der Waals surface area contributed by atoms with E-state index in [1.807, 2.05) is 42.5 Å².